The number of amides is 2. The second-order valence-corrected chi connectivity index (χ2v) is 7.34. The maximum atomic E-state index is 13.0. The molecular formula is C16H28N2O3. The normalized spacial score (nSPS) is 32.2. The van der Waals surface area contributed by atoms with Crippen LogP contribution in [0.15, 0.2) is 0 Å². The van der Waals surface area contributed by atoms with Gasteiger partial charge in [-0.3, -0.25) is 9.59 Å². The first-order valence-electron chi connectivity index (χ1n) is 7.97. The van der Waals surface area contributed by atoms with Crippen LogP contribution in [0.1, 0.15) is 47.5 Å². The topological polar surface area (TPSA) is 58.6 Å². The van der Waals surface area contributed by atoms with Crippen molar-refractivity contribution in [2.75, 3.05) is 13.2 Å². The second kappa shape index (κ2) is 5.95. The SMILES string of the molecule is CCC1C(=O)NC(C(C)(C)C)C(=O)N1C(C)C1CCOC1. The summed E-state index contributed by atoms with van der Waals surface area (Å²) in [6.07, 6.45) is 1.61. The van der Waals surface area contributed by atoms with E-state index in [9.17, 15) is 9.59 Å². The molecule has 1 N–H and O–H groups in total. The monoisotopic (exact) mass is 296 g/mol. The lowest BCUT2D eigenvalue weighted by Gasteiger charge is -2.46. The molecule has 0 aromatic heterocycles. The average molecular weight is 296 g/mol. The fourth-order valence-corrected chi connectivity index (χ4v) is 3.34. The highest BCUT2D eigenvalue weighted by Gasteiger charge is 2.47. The third-order valence-corrected chi connectivity index (χ3v) is 4.77. The molecule has 0 aromatic carbocycles. The Morgan fingerprint density at radius 2 is 2.05 bits per heavy atom. The van der Waals surface area contributed by atoms with E-state index in [0.29, 0.717) is 18.9 Å². The van der Waals surface area contributed by atoms with Crippen LogP contribution in [0.4, 0.5) is 0 Å². The van der Waals surface area contributed by atoms with Gasteiger partial charge in [0.2, 0.25) is 11.8 Å². The van der Waals surface area contributed by atoms with E-state index in [4.69, 9.17) is 4.74 Å². The van der Waals surface area contributed by atoms with Crippen LogP contribution in [0.25, 0.3) is 0 Å². The minimum absolute atomic E-state index is 0.0252. The van der Waals surface area contributed by atoms with E-state index in [1.54, 1.807) is 0 Å². The Morgan fingerprint density at radius 1 is 1.38 bits per heavy atom. The Kier molecular flexibility index (Phi) is 4.61. The number of nitrogens with zero attached hydrogens (tertiary/aromatic N) is 1. The molecule has 2 aliphatic heterocycles. The van der Waals surface area contributed by atoms with Crippen LogP contribution in [0.3, 0.4) is 0 Å². The zero-order valence-corrected chi connectivity index (χ0v) is 13.8. The van der Waals surface area contributed by atoms with E-state index in [1.807, 2.05) is 32.6 Å². The van der Waals surface area contributed by atoms with Gasteiger partial charge in [0.15, 0.2) is 0 Å². The number of carbonyl (C=O) groups is 2. The molecule has 0 bridgehead atoms. The fourth-order valence-electron chi connectivity index (χ4n) is 3.34. The van der Waals surface area contributed by atoms with Crippen molar-refractivity contribution < 1.29 is 14.3 Å². The van der Waals surface area contributed by atoms with Crippen LogP contribution >= 0.6 is 0 Å². The lowest BCUT2D eigenvalue weighted by Crippen LogP contribution is -2.68. The number of nitrogens with one attached hydrogen (secondary N) is 1. The van der Waals surface area contributed by atoms with E-state index in [0.717, 1.165) is 13.0 Å². The molecule has 2 aliphatic rings. The Bertz CT molecular complexity index is 410. The average Bonchev–Trinajstić information content (AvgIpc) is 2.92. The fraction of sp³-hybridized carbons (Fsp3) is 0.875. The van der Waals surface area contributed by atoms with Crippen molar-refractivity contribution in [3.8, 4) is 0 Å². The molecule has 0 aromatic rings. The van der Waals surface area contributed by atoms with Gasteiger partial charge < -0.3 is 15.0 Å². The van der Waals surface area contributed by atoms with Crippen molar-refractivity contribution in [3.63, 3.8) is 0 Å². The predicted molar refractivity (Wildman–Crippen MR) is 80.7 cm³/mol. The highest BCUT2D eigenvalue weighted by atomic mass is 16.5. The van der Waals surface area contributed by atoms with E-state index in [1.165, 1.54) is 0 Å². The maximum absolute atomic E-state index is 13.0. The van der Waals surface area contributed by atoms with Gasteiger partial charge >= 0.3 is 0 Å². The molecule has 2 amide bonds. The van der Waals surface area contributed by atoms with E-state index in [2.05, 4.69) is 12.2 Å². The number of carbonyl (C=O) groups excluding carboxylic acids is 2. The first kappa shape index (κ1) is 16.3. The molecule has 21 heavy (non-hydrogen) atoms. The van der Waals surface area contributed by atoms with Gasteiger partial charge in [0.1, 0.15) is 12.1 Å². The van der Waals surface area contributed by atoms with Crippen LogP contribution in [0, 0.1) is 11.3 Å². The summed E-state index contributed by atoms with van der Waals surface area (Å²) < 4.78 is 5.46. The number of rotatable bonds is 3. The molecule has 0 spiro atoms. The summed E-state index contributed by atoms with van der Waals surface area (Å²) in [5.74, 6) is 0.352. The van der Waals surface area contributed by atoms with Gasteiger partial charge in [0.05, 0.1) is 6.61 Å². The molecule has 0 radical (unpaired) electrons. The second-order valence-electron chi connectivity index (χ2n) is 7.34. The summed E-state index contributed by atoms with van der Waals surface area (Å²) in [6.45, 7) is 11.4. The van der Waals surface area contributed by atoms with Gasteiger partial charge in [-0.1, -0.05) is 27.7 Å². The van der Waals surface area contributed by atoms with Crippen molar-refractivity contribution in [3.05, 3.63) is 0 Å². The maximum Gasteiger partial charge on any atom is 0.246 e. The lowest BCUT2D eigenvalue weighted by molar-refractivity contribution is -0.156. The quantitative estimate of drug-likeness (QED) is 0.860. The lowest BCUT2D eigenvalue weighted by atomic mass is 9.82. The molecule has 5 nitrogen and oxygen atoms in total. The number of hydrogen-bond acceptors (Lipinski definition) is 3. The zero-order chi connectivity index (χ0) is 15.8. The van der Waals surface area contributed by atoms with Crippen molar-refractivity contribution in [2.45, 2.75) is 65.6 Å². The summed E-state index contributed by atoms with van der Waals surface area (Å²) in [4.78, 5) is 27.2. The molecule has 0 aliphatic carbocycles. The Labute approximate surface area is 127 Å². The summed E-state index contributed by atoms with van der Waals surface area (Å²) in [7, 11) is 0. The van der Waals surface area contributed by atoms with Gasteiger partial charge in [-0.05, 0) is 25.2 Å². The largest absolute Gasteiger partial charge is 0.381 e. The highest BCUT2D eigenvalue weighted by Crippen LogP contribution is 2.30. The summed E-state index contributed by atoms with van der Waals surface area (Å²) in [5.41, 5.74) is -0.282. The van der Waals surface area contributed by atoms with Crippen LogP contribution in [0.2, 0.25) is 0 Å². The molecule has 4 unspecified atom stereocenters. The first-order valence-corrected chi connectivity index (χ1v) is 7.97. The standard InChI is InChI=1S/C16H28N2O3/c1-6-12-14(19)17-13(16(3,4)5)15(20)18(12)10(2)11-7-8-21-9-11/h10-13H,6-9H2,1-5H3,(H,17,19). The molecule has 2 saturated heterocycles. The molecular weight excluding hydrogens is 268 g/mol. The Balaban J connectivity index is 2.28. The van der Waals surface area contributed by atoms with Crippen LogP contribution in [0.5, 0.6) is 0 Å². The van der Waals surface area contributed by atoms with Crippen molar-refractivity contribution in [1.82, 2.24) is 10.2 Å². The minimum Gasteiger partial charge on any atom is -0.381 e. The third kappa shape index (κ3) is 3.07. The van der Waals surface area contributed by atoms with Gasteiger partial charge in [-0.2, -0.15) is 0 Å². The van der Waals surface area contributed by atoms with Gasteiger partial charge in [-0.25, -0.2) is 0 Å². The Hall–Kier alpha value is -1.10. The molecule has 5 heteroatoms. The minimum atomic E-state index is -0.447. The molecule has 4 atom stereocenters. The van der Waals surface area contributed by atoms with Crippen LogP contribution in [-0.2, 0) is 14.3 Å². The zero-order valence-electron chi connectivity index (χ0n) is 13.8. The molecule has 0 saturated carbocycles. The first-order chi connectivity index (χ1) is 9.77. The summed E-state index contributed by atoms with van der Waals surface area (Å²) in [5, 5.41) is 2.92. The Morgan fingerprint density at radius 3 is 2.52 bits per heavy atom. The van der Waals surface area contributed by atoms with Crippen molar-refractivity contribution in [2.24, 2.45) is 11.3 Å². The number of piperazine rings is 1. The molecule has 2 fully saturated rings. The third-order valence-electron chi connectivity index (χ3n) is 4.77. The van der Waals surface area contributed by atoms with Gasteiger partial charge in [0, 0.05) is 18.6 Å². The van der Waals surface area contributed by atoms with E-state index in [-0.39, 0.29) is 29.3 Å². The van der Waals surface area contributed by atoms with Crippen LogP contribution in [-0.4, -0.2) is 48.1 Å². The van der Waals surface area contributed by atoms with Crippen molar-refractivity contribution in [1.29, 1.82) is 0 Å². The van der Waals surface area contributed by atoms with Crippen molar-refractivity contribution >= 4 is 11.8 Å². The van der Waals surface area contributed by atoms with E-state index < -0.39 is 6.04 Å². The molecule has 2 heterocycles. The van der Waals surface area contributed by atoms with Gasteiger partial charge in [-0.15, -0.1) is 0 Å². The number of ether oxygens (including phenoxy) is 1. The molecule has 120 valence electrons. The van der Waals surface area contributed by atoms with E-state index >= 15 is 0 Å². The van der Waals surface area contributed by atoms with Gasteiger partial charge in [0.25, 0.3) is 0 Å². The predicted octanol–water partition coefficient (Wildman–Crippen LogP) is 1.56. The highest BCUT2D eigenvalue weighted by molar-refractivity contribution is 5.97. The number of hydrogen-bond donors (Lipinski definition) is 1. The summed E-state index contributed by atoms with van der Waals surface area (Å²) in [6, 6.07) is -0.759. The smallest absolute Gasteiger partial charge is 0.246 e. The summed E-state index contributed by atoms with van der Waals surface area (Å²) >= 11 is 0. The molecule has 2 rings (SSSR count). The van der Waals surface area contributed by atoms with Crippen LogP contribution < -0.4 is 5.32 Å².